The van der Waals surface area contributed by atoms with Gasteiger partial charge in [-0.25, -0.2) is 17.5 Å². The second kappa shape index (κ2) is 12.9. The van der Waals surface area contributed by atoms with Crippen LogP contribution in [0.3, 0.4) is 0 Å². The molecule has 1 amide bonds. The number of aryl methyl sites for hydroxylation is 1. The van der Waals surface area contributed by atoms with E-state index >= 15 is 0 Å². The number of rotatable bonds is 10. The predicted molar refractivity (Wildman–Crippen MR) is 150 cm³/mol. The van der Waals surface area contributed by atoms with Crippen LogP contribution in [0, 0.1) is 12.7 Å². The minimum Gasteiger partial charge on any atom is -0.483 e. The lowest BCUT2D eigenvalue weighted by Gasteiger charge is -2.14. The van der Waals surface area contributed by atoms with Crippen LogP contribution in [0.4, 0.5) is 23.2 Å². The summed E-state index contributed by atoms with van der Waals surface area (Å²) in [5, 5.41) is 2.62. The molecule has 224 valence electrons. The topological polar surface area (TPSA) is 114 Å². The van der Waals surface area contributed by atoms with Crippen molar-refractivity contribution in [3.05, 3.63) is 118 Å². The lowest BCUT2D eigenvalue weighted by Crippen LogP contribution is -2.24. The first-order valence-electron chi connectivity index (χ1n) is 12.4. The molecule has 4 aromatic rings. The van der Waals surface area contributed by atoms with Crippen molar-refractivity contribution in [3.63, 3.8) is 0 Å². The van der Waals surface area contributed by atoms with Crippen molar-refractivity contribution in [1.82, 2.24) is 9.71 Å². The molecule has 0 unspecified atom stereocenters. The van der Waals surface area contributed by atoms with Crippen LogP contribution < -0.4 is 14.8 Å². The van der Waals surface area contributed by atoms with E-state index in [0.29, 0.717) is 23.3 Å². The van der Waals surface area contributed by atoms with E-state index in [1.807, 2.05) is 0 Å². The molecule has 0 atom stereocenters. The lowest BCUT2D eigenvalue weighted by atomic mass is 10.00. The molecule has 4 rings (SSSR count). The van der Waals surface area contributed by atoms with E-state index in [-0.39, 0.29) is 39.5 Å². The number of ether oxygens (including phenoxy) is 1. The summed E-state index contributed by atoms with van der Waals surface area (Å²) in [6.45, 7) is 1.01. The average Bonchev–Trinajstić information content (AvgIpc) is 2.96. The molecule has 1 heterocycles. The number of nitrogens with one attached hydrogen (secondary N) is 2. The Hall–Kier alpha value is -4.33. The van der Waals surface area contributed by atoms with Crippen LogP contribution in [0.2, 0.25) is 5.02 Å². The third-order valence-electron chi connectivity index (χ3n) is 6.03. The number of carbonyl (C=O) groups is 2. The van der Waals surface area contributed by atoms with E-state index in [1.165, 1.54) is 42.7 Å². The second-order valence-corrected chi connectivity index (χ2v) is 11.4. The third-order valence-corrected chi connectivity index (χ3v) is 7.66. The molecule has 0 aliphatic heterocycles. The monoisotopic (exact) mass is 635 g/mol. The van der Waals surface area contributed by atoms with Gasteiger partial charge in [0.1, 0.15) is 11.6 Å². The highest BCUT2D eigenvalue weighted by atomic mass is 35.5. The third kappa shape index (κ3) is 8.15. The fraction of sp³-hybridized carbons (Fsp3) is 0.138. The molecule has 0 spiro atoms. The van der Waals surface area contributed by atoms with Crippen LogP contribution in [0.1, 0.15) is 32.6 Å². The Morgan fingerprint density at radius 3 is 2.37 bits per heavy atom. The first-order valence-corrected chi connectivity index (χ1v) is 14.2. The number of hydrogen-bond donors (Lipinski definition) is 2. The van der Waals surface area contributed by atoms with Gasteiger partial charge in [0.05, 0.1) is 16.0 Å². The number of hydrogen-bond acceptors (Lipinski definition) is 6. The fourth-order valence-electron chi connectivity index (χ4n) is 3.88. The number of ketones is 1. The van der Waals surface area contributed by atoms with Gasteiger partial charge in [0.25, 0.3) is 5.91 Å². The van der Waals surface area contributed by atoms with Crippen LogP contribution in [-0.4, -0.2) is 31.7 Å². The standard InChI is InChI=1S/C29H22ClF4N3O5S/c1-17-10-23(43(40,41)36-15-18-6-8-35-9-7-18)3-4-25(17)37-27(38)16-42-26-5-2-21(30)14-24(26)28(39)19-11-20(29(32,33)34)13-22(31)12-19/h2-14,36H,15-16H2,1H3,(H,37,38). The molecule has 3 aromatic carbocycles. The summed E-state index contributed by atoms with van der Waals surface area (Å²) < 4.78 is 86.7. The maximum atomic E-state index is 13.9. The Labute approximate surface area is 248 Å². The van der Waals surface area contributed by atoms with Gasteiger partial charge < -0.3 is 10.1 Å². The zero-order chi connectivity index (χ0) is 31.4. The summed E-state index contributed by atoms with van der Waals surface area (Å²) in [4.78, 5) is 29.5. The van der Waals surface area contributed by atoms with Gasteiger partial charge in [-0.05, 0) is 84.8 Å². The Kier molecular flexibility index (Phi) is 9.48. The number of anilines is 1. The van der Waals surface area contributed by atoms with E-state index < -0.39 is 51.4 Å². The van der Waals surface area contributed by atoms with E-state index in [2.05, 4.69) is 15.0 Å². The molecule has 0 saturated carbocycles. The lowest BCUT2D eigenvalue weighted by molar-refractivity contribution is -0.137. The van der Waals surface area contributed by atoms with Crippen molar-refractivity contribution < 1.29 is 40.3 Å². The Balaban J connectivity index is 1.45. The molecular weight excluding hydrogens is 614 g/mol. The molecule has 43 heavy (non-hydrogen) atoms. The molecule has 0 fully saturated rings. The van der Waals surface area contributed by atoms with Crippen LogP contribution in [0.15, 0.2) is 84.0 Å². The fourth-order valence-corrected chi connectivity index (χ4v) is 5.16. The van der Waals surface area contributed by atoms with Gasteiger partial charge in [-0.3, -0.25) is 14.6 Å². The van der Waals surface area contributed by atoms with Gasteiger partial charge >= 0.3 is 6.18 Å². The minimum atomic E-state index is -4.89. The van der Waals surface area contributed by atoms with Crippen molar-refractivity contribution in [2.24, 2.45) is 0 Å². The van der Waals surface area contributed by atoms with Gasteiger partial charge in [-0.2, -0.15) is 13.2 Å². The minimum absolute atomic E-state index is 0.0244. The smallest absolute Gasteiger partial charge is 0.416 e. The van der Waals surface area contributed by atoms with E-state index in [1.54, 1.807) is 19.1 Å². The molecule has 0 radical (unpaired) electrons. The SMILES string of the molecule is Cc1cc(S(=O)(=O)NCc2ccncc2)ccc1NC(=O)COc1ccc(Cl)cc1C(=O)c1cc(F)cc(C(F)(F)F)c1. The number of nitrogens with zero attached hydrogens (tertiary/aromatic N) is 1. The summed E-state index contributed by atoms with van der Waals surface area (Å²) in [6.07, 6.45) is -1.81. The predicted octanol–water partition coefficient (Wildman–Crippen LogP) is 5.93. The van der Waals surface area contributed by atoms with E-state index in [9.17, 15) is 35.6 Å². The van der Waals surface area contributed by atoms with Crippen LogP contribution in [0.5, 0.6) is 5.75 Å². The molecular formula is C29H22ClF4N3O5S. The first-order chi connectivity index (χ1) is 20.2. The van der Waals surface area contributed by atoms with Gasteiger partial charge in [0.15, 0.2) is 12.4 Å². The summed E-state index contributed by atoms with van der Waals surface area (Å²) in [6, 6.07) is 12.5. The maximum absolute atomic E-state index is 13.9. The summed E-state index contributed by atoms with van der Waals surface area (Å²) in [5.74, 6) is -3.14. The number of aromatic nitrogens is 1. The van der Waals surface area contributed by atoms with E-state index in [0.717, 1.165) is 6.07 Å². The Morgan fingerprint density at radius 1 is 0.977 bits per heavy atom. The molecule has 0 bridgehead atoms. The van der Waals surface area contributed by atoms with Crippen molar-refractivity contribution in [1.29, 1.82) is 0 Å². The zero-order valence-corrected chi connectivity index (χ0v) is 23.8. The molecule has 2 N–H and O–H groups in total. The average molecular weight is 636 g/mol. The highest BCUT2D eigenvalue weighted by Crippen LogP contribution is 2.32. The second-order valence-electron chi connectivity index (χ2n) is 9.19. The number of pyridine rings is 1. The Morgan fingerprint density at radius 2 is 1.70 bits per heavy atom. The highest BCUT2D eigenvalue weighted by Gasteiger charge is 2.32. The first kappa shape index (κ1) is 31.6. The quantitative estimate of drug-likeness (QED) is 0.165. The molecule has 1 aromatic heterocycles. The van der Waals surface area contributed by atoms with Gasteiger partial charge in [-0.15, -0.1) is 0 Å². The molecule has 14 heteroatoms. The number of alkyl halides is 3. The number of sulfonamides is 1. The normalized spacial score (nSPS) is 11.7. The van der Waals surface area contributed by atoms with Crippen molar-refractivity contribution >= 4 is 39.0 Å². The van der Waals surface area contributed by atoms with Crippen LogP contribution in [0.25, 0.3) is 0 Å². The summed E-state index contributed by atoms with van der Waals surface area (Å²) in [5.41, 5.74) is -0.804. The maximum Gasteiger partial charge on any atom is 0.416 e. The van der Waals surface area contributed by atoms with Crippen LogP contribution in [-0.2, 0) is 27.5 Å². The highest BCUT2D eigenvalue weighted by molar-refractivity contribution is 7.89. The summed E-state index contributed by atoms with van der Waals surface area (Å²) >= 11 is 5.98. The molecule has 0 aliphatic rings. The molecule has 0 saturated heterocycles. The van der Waals surface area contributed by atoms with Gasteiger partial charge in [0.2, 0.25) is 10.0 Å². The van der Waals surface area contributed by atoms with Crippen molar-refractivity contribution in [3.8, 4) is 5.75 Å². The van der Waals surface area contributed by atoms with E-state index in [4.69, 9.17) is 16.3 Å². The van der Waals surface area contributed by atoms with Crippen molar-refractivity contribution in [2.75, 3.05) is 11.9 Å². The van der Waals surface area contributed by atoms with Gasteiger partial charge in [-0.1, -0.05) is 11.6 Å². The number of carbonyl (C=O) groups excluding carboxylic acids is 2. The Bertz CT molecular complexity index is 1790. The zero-order valence-electron chi connectivity index (χ0n) is 22.2. The molecule has 0 aliphatic carbocycles. The number of benzene rings is 3. The molecule has 8 nitrogen and oxygen atoms in total. The summed E-state index contributed by atoms with van der Waals surface area (Å²) in [7, 11) is -3.86. The number of amides is 1. The largest absolute Gasteiger partial charge is 0.483 e. The van der Waals surface area contributed by atoms with Gasteiger partial charge in [0, 0.05) is 35.2 Å². The van der Waals surface area contributed by atoms with Crippen LogP contribution >= 0.6 is 11.6 Å². The number of halogens is 5. The van der Waals surface area contributed by atoms with Crippen molar-refractivity contribution in [2.45, 2.75) is 24.5 Å².